The molecular weight excluding hydrogens is 236 g/mol. The van der Waals surface area contributed by atoms with E-state index < -0.39 is 0 Å². The van der Waals surface area contributed by atoms with Gasteiger partial charge in [0.15, 0.2) is 5.65 Å². The maximum absolute atomic E-state index is 5.94. The number of hydrogen-bond donors (Lipinski definition) is 1. The molecule has 2 heterocycles. The molecular formula is C15H14N4. The van der Waals surface area contributed by atoms with Crippen molar-refractivity contribution in [1.29, 1.82) is 0 Å². The largest absolute Gasteiger partial charge is 0.384 e. The van der Waals surface area contributed by atoms with Crippen LogP contribution in [0.5, 0.6) is 0 Å². The van der Waals surface area contributed by atoms with E-state index in [1.165, 1.54) is 18.5 Å². The van der Waals surface area contributed by atoms with Crippen LogP contribution in [0, 0.1) is 0 Å². The van der Waals surface area contributed by atoms with E-state index in [9.17, 15) is 0 Å². The van der Waals surface area contributed by atoms with Crippen LogP contribution in [0.4, 0.5) is 5.82 Å². The predicted octanol–water partition coefficient (Wildman–Crippen LogP) is 2.86. The molecule has 0 aliphatic heterocycles. The van der Waals surface area contributed by atoms with Crippen LogP contribution in [-0.4, -0.2) is 14.6 Å². The van der Waals surface area contributed by atoms with Gasteiger partial charge in [-0.05, 0) is 18.4 Å². The number of hydrogen-bond acceptors (Lipinski definition) is 3. The Morgan fingerprint density at radius 2 is 1.95 bits per heavy atom. The Morgan fingerprint density at radius 3 is 2.68 bits per heavy atom. The van der Waals surface area contributed by atoms with Crippen LogP contribution in [0.1, 0.15) is 24.5 Å². The minimum Gasteiger partial charge on any atom is -0.384 e. The number of benzene rings is 1. The first-order valence-corrected chi connectivity index (χ1v) is 6.52. The summed E-state index contributed by atoms with van der Waals surface area (Å²) in [4.78, 5) is 4.46. The highest BCUT2D eigenvalue weighted by Gasteiger charge is 2.27. The molecule has 1 aliphatic rings. The third-order valence-electron chi connectivity index (χ3n) is 3.60. The van der Waals surface area contributed by atoms with Crippen molar-refractivity contribution in [2.45, 2.75) is 18.8 Å². The number of nitrogens with two attached hydrogens (primary N) is 1. The van der Waals surface area contributed by atoms with E-state index in [-0.39, 0.29) is 0 Å². The van der Waals surface area contributed by atoms with Crippen LogP contribution >= 0.6 is 0 Å². The molecule has 2 aromatic heterocycles. The molecule has 4 heteroatoms. The van der Waals surface area contributed by atoms with Gasteiger partial charge in [0.25, 0.3) is 0 Å². The summed E-state index contributed by atoms with van der Waals surface area (Å²) in [5.41, 5.74) is 10.1. The van der Waals surface area contributed by atoms with Gasteiger partial charge in [-0.1, -0.05) is 30.3 Å². The highest BCUT2D eigenvalue weighted by Crippen LogP contribution is 2.41. The Kier molecular flexibility index (Phi) is 2.12. The van der Waals surface area contributed by atoms with Gasteiger partial charge in [-0.15, -0.1) is 0 Å². The molecule has 1 aromatic carbocycles. The SMILES string of the molecule is Nc1cc(C2CC2)n2ncc(-c3ccccc3)c2n1. The van der Waals surface area contributed by atoms with Crippen molar-refractivity contribution in [3.63, 3.8) is 0 Å². The second-order valence-corrected chi connectivity index (χ2v) is 5.04. The molecule has 1 fully saturated rings. The topological polar surface area (TPSA) is 56.2 Å². The maximum Gasteiger partial charge on any atom is 0.165 e. The number of nitrogen functional groups attached to an aromatic ring is 1. The molecule has 0 unspecified atom stereocenters. The smallest absolute Gasteiger partial charge is 0.165 e. The monoisotopic (exact) mass is 250 g/mol. The fourth-order valence-electron chi connectivity index (χ4n) is 2.50. The minimum absolute atomic E-state index is 0.576. The van der Waals surface area contributed by atoms with Crippen LogP contribution < -0.4 is 5.73 Å². The molecule has 3 aromatic rings. The number of aromatic nitrogens is 3. The van der Waals surface area contributed by atoms with E-state index in [1.54, 1.807) is 0 Å². The highest BCUT2D eigenvalue weighted by atomic mass is 15.3. The van der Waals surface area contributed by atoms with Gasteiger partial charge in [0.1, 0.15) is 5.82 Å². The molecule has 0 amide bonds. The first-order valence-electron chi connectivity index (χ1n) is 6.52. The molecule has 94 valence electrons. The summed E-state index contributed by atoms with van der Waals surface area (Å²) in [6, 6.07) is 12.1. The van der Waals surface area contributed by atoms with Gasteiger partial charge in [0, 0.05) is 17.5 Å². The van der Waals surface area contributed by atoms with E-state index in [0.717, 1.165) is 16.8 Å². The van der Waals surface area contributed by atoms with Crippen LogP contribution in [0.3, 0.4) is 0 Å². The van der Waals surface area contributed by atoms with E-state index >= 15 is 0 Å². The summed E-state index contributed by atoms with van der Waals surface area (Å²) in [6.45, 7) is 0. The lowest BCUT2D eigenvalue weighted by atomic mass is 10.1. The van der Waals surface area contributed by atoms with Crippen molar-refractivity contribution in [3.05, 3.63) is 48.3 Å². The standard InChI is InChI=1S/C15H14N4/c16-14-8-13(11-6-7-11)19-15(18-14)12(9-17-19)10-4-2-1-3-5-10/h1-5,8-9,11H,6-7H2,(H2,16,18). The second-order valence-electron chi connectivity index (χ2n) is 5.04. The lowest BCUT2D eigenvalue weighted by Gasteiger charge is -2.05. The number of nitrogens with zero attached hydrogens (tertiary/aromatic N) is 3. The summed E-state index contributed by atoms with van der Waals surface area (Å²) < 4.78 is 1.94. The fourth-order valence-corrected chi connectivity index (χ4v) is 2.50. The Morgan fingerprint density at radius 1 is 1.16 bits per heavy atom. The van der Waals surface area contributed by atoms with Gasteiger partial charge in [-0.25, -0.2) is 9.50 Å². The van der Waals surface area contributed by atoms with Crippen LogP contribution in [0.2, 0.25) is 0 Å². The Labute approximate surface area is 110 Å². The number of anilines is 1. The normalized spacial score (nSPS) is 14.9. The molecule has 0 spiro atoms. The fraction of sp³-hybridized carbons (Fsp3) is 0.200. The molecule has 4 rings (SSSR count). The summed E-state index contributed by atoms with van der Waals surface area (Å²) in [6.07, 6.45) is 4.32. The predicted molar refractivity (Wildman–Crippen MR) is 74.8 cm³/mol. The Balaban J connectivity index is 1.99. The van der Waals surface area contributed by atoms with E-state index in [4.69, 9.17) is 5.73 Å². The van der Waals surface area contributed by atoms with Gasteiger partial charge in [0.2, 0.25) is 0 Å². The van der Waals surface area contributed by atoms with E-state index in [2.05, 4.69) is 22.2 Å². The summed E-state index contributed by atoms with van der Waals surface area (Å²) in [5, 5.41) is 4.50. The maximum atomic E-state index is 5.94. The molecule has 1 aliphatic carbocycles. The molecule has 0 radical (unpaired) electrons. The van der Waals surface area contributed by atoms with Crippen LogP contribution in [-0.2, 0) is 0 Å². The van der Waals surface area contributed by atoms with Crippen molar-refractivity contribution in [2.75, 3.05) is 5.73 Å². The number of fused-ring (bicyclic) bond motifs is 1. The van der Waals surface area contributed by atoms with Crippen LogP contribution in [0.25, 0.3) is 16.8 Å². The van der Waals surface area contributed by atoms with Gasteiger partial charge in [-0.3, -0.25) is 0 Å². The summed E-state index contributed by atoms with van der Waals surface area (Å²) >= 11 is 0. The second kappa shape index (κ2) is 3.82. The first-order chi connectivity index (χ1) is 9.33. The summed E-state index contributed by atoms with van der Waals surface area (Å²) in [5.74, 6) is 1.17. The van der Waals surface area contributed by atoms with Crippen LogP contribution in [0.15, 0.2) is 42.6 Å². The third kappa shape index (κ3) is 1.68. The number of rotatable bonds is 2. The zero-order chi connectivity index (χ0) is 12.8. The average Bonchev–Trinajstić information content (AvgIpc) is 3.19. The molecule has 19 heavy (non-hydrogen) atoms. The molecule has 1 saturated carbocycles. The molecule has 4 nitrogen and oxygen atoms in total. The molecule has 0 saturated heterocycles. The summed E-state index contributed by atoms with van der Waals surface area (Å²) in [7, 11) is 0. The molecule has 0 bridgehead atoms. The van der Waals surface area contributed by atoms with Crippen molar-refractivity contribution in [1.82, 2.24) is 14.6 Å². The van der Waals surface area contributed by atoms with Crippen molar-refractivity contribution in [2.24, 2.45) is 0 Å². The minimum atomic E-state index is 0.576. The quantitative estimate of drug-likeness (QED) is 0.760. The van der Waals surface area contributed by atoms with Gasteiger partial charge in [-0.2, -0.15) is 5.10 Å². The zero-order valence-electron chi connectivity index (χ0n) is 10.5. The average molecular weight is 250 g/mol. The van der Waals surface area contributed by atoms with Crippen molar-refractivity contribution in [3.8, 4) is 11.1 Å². The molecule has 0 atom stereocenters. The van der Waals surface area contributed by atoms with Gasteiger partial charge < -0.3 is 5.73 Å². The third-order valence-corrected chi connectivity index (χ3v) is 3.60. The van der Waals surface area contributed by atoms with Gasteiger partial charge >= 0.3 is 0 Å². The first kappa shape index (κ1) is 10.6. The zero-order valence-corrected chi connectivity index (χ0v) is 10.5. The lowest BCUT2D eigenvalue weighted by molar-refractivity contribution is 0.844. The Hall–Kier alpha value is -2.36. The van der Waals surface area contributed by atoms with E-state index in [1.807, 2.05) is 35.0 Å². The van der Waals surface area contributed by atoms with Gasteiger partial charge in [0.05, 0.1) is 11.9 Å². The lowest BCUT2D eigenvalue weighted by Crippen LogP contribution is -2.02. The van der Waals surface area contributed by atoms with Crippen molar-refractivity contribution < 1.29 is 0 Å². The van der Waals surface area contributed by atoms with E-state index in [0.29, 0.717) is 11.7 Å². The van der Waals surface area contributed by atoms with Crippen molar-refractivity contribution >= 4 is 11.5 Å². The highest BCUT2D eigenvalue weighted by molar-refractivity contribution is 5.77. The Bertz CT molecular complexity index is 741. The molecule has 2 N–H and O–H groups in total.